The predicted octanol–water partition coefficient (Wildman–Crippen LogP) is 4.40. The Hall–Kier alpha value is -3.61. The summed E-state index contributed by atoms with van der Waals surface area (Å²) in [7, 11) is 1.56. The van der Waals surface area contributed by atoms with E-state index in [1.807, 2.05) is 4.90 Å². The van der Waals surface area contributed by atoms with Gasteiger partial charge < -0.3 is 18.9 Å². The second-order valence-electron chi connectivity index (χ2n) is 8.58. The fourth-order valence-electron chi connectivity index (χ4n) is 4.24. The molecule has 7 nitrogen and oxygen atoms in total. The van der Waals surface area contributed by atoms with Crippen molar-refractivity contribution in [3.8, 4) is 5.75 Å². The summed E-state index contributed by atoms with van der Waals surface area (Å²) in [6, 6.07) is 12.0. The number of aryl methyl sites for hydroxylation is 1. The van der Waals surface area contributed by atoms with Gasteiger partial charge in [-0.3, -0.25) is 9.59 Å². The number of aromatic nitrogens is 1. The van der Waals surface area contributed by atoms with Crippen molar-refractivity contribution in [3.05, 3.63) is 75.7 Å². The van der Waals surface area contributed by atoms with Crippen LogP contribution in [0.1, 0.15) is 58.9 Å². The maximum Gasteiger partial charge on any atom is 0.338 e. The van der Waals surface area contributed by atoms with E-state index in [4.69, 9.17) is 9.47 Å². The summed E-state index contributed by atoms with van der Waals surface area (Å²) in [6.07, 6.45) is 5.51. The minimum absolute atomic E-state index is 0.0388. The lowest BCUT2D eigenvalue weighted by Crippen LogP contribution is -2.30. The number of hydrogen-bond donors (Lipinski definition) is 0. The molecule has 0 radical (unpaired) electrons. The number of ether oxygens (including phenoxy) is 2. The van der Waals surface area contributed by atoms with E-state index < -0.39 is 5.97 Å². The Labute approximate surface area is 198 Å². The fourth-order valence-corrected chi connectivity index (χ4v) is 4.24. The summed E-state index contributed by atoms with van der Waals surface area (Å²) in [4.78, 5) is 40.7. The Bertz CT molecular complexity index is 1240. The third-order valence-electron chi connectivity index (χ3n) is 6.22. The van der Waals surface area contributed by atoms with Crippen LogP contribution in [-0.2, 0) is 17.9 Å². The smallest absolute Gasteiger partial charge is 0.338 e. The van der Waals surface area contributed by atoms with Gasteiger partial charge in [-0.1, -0.05) is 19.4 Å². The number of pyridine rings is 1. The van der Waals surface area contributed by atoms with Gasteiger partial charge in [0.15, 0.2) is 0 Å². The van der Waals surface area contributed by atoms with E-state index >= 15 is 0 Å². The van der Waals surface area contributed by atoms with Crippen LogP contribution in [0.4, 0.5) is 0 Å². The number of esters is 1. The van der Waals surface area contributed by atoms with Crippen LogP contribution in [0.2, 0.25) is 0 Å². The molecular weight excluding hydrogens is 432 g/mol. The van der Waals surface area contributed by atoms with E-state index in [1.54, 1.807) is 60.3 Å². The van der Waals surface area contributed by atoms with Gasteiger partial charge in [0.1, 0.15) is 12.4 Å². The number of carbonyl (C=O) groups excluding carboxylic acids is 2. The SMILES string of the molecule is CCCCn1cc(C(=O)N2CCCC2)c2cc(COC(=O)c3ccc(OC)cc3)ccc2c1=O. The molecule has 0 saturated carbocycles. The summed E-state index contributed by atoms with van der Waals surface area (Å²) in [6.45, 7) is 4.15. The summed E-state index contributed by atoms with van der Waals surface area (Å²) < 4.78 is 12.3. The van der Waals surface area contributed by atoms with Crippen molar-refractivity contribution in [2.45, 2.75) is 45.8 Å². The van der Waals surface area contributed by atoms with Crippen LogP contribution < -0.4 is 10.3 Å². The van der Waals surface area contributed by atoms with E-state index in [9.17, 15) is 14.4 Å². The van der Waals surface area contributed by atoms with Gasteiger partial charge in [0.2, 0.25) is 0 Å². The van der Waals surface area contributed by atoms with Crippen molar-refractivity contribution in [1.29, 1.82) is 0 Å². The van der Waals surface area contributed by atoms with Crippen molar-refractivity contribution in [3.63, 3.8) is 0 Å². The Morgan fingerprint density at radius 3 is 2.41 bits per heavy atom. The van der Waals surface area contributed by atoms with Crippen molar-refractivity contribution in [2.75, 3.05) is 20.2 Å². The summed E-state index contributed by atoms with van der Waals surface area (Å²) in [5, 5.41) is 1.11. The van der Waals surface area contributed by atoms with Gasteiger partial charge in [-0.15, -0.1) is 0 Å². The largest absolute Gasteiger partial charge is 0.497 e. The average Bonchev–Trinajstić information content (AvgIpc) is 3.41. The monoisotopic (exact) mass is 462 g/mol. The van der Waals surface area contributed by atoms with Crippen molar-refractivity contribution >= 4 is 22.6 Å². The van der Waals surface area contributed by atoms with Gasteiger partial charge in [-0.2, -0.15) is 0 Å². The Balaban J connectivity index is 1.63. The summed E-state index contributed by atoms with van der Waals surface area (Å²) in [5.74, 6) is 0.150. The molecule has 34 heavy (non-hydrogen) atoms. The highest BCUT2D eigenvalue weighted by atomic mass is 16.5. The molecule has 178 valence electrons. The number of amides is 1. The molecule has 1 aromatic heterocycles. The molecule has 0 bridgehead atoms. The van der Waals surface area contributed by atoms with Gasteiger partial charge in [-0.25, -0.2) is 4.79 Å². The minimum Gasteiger partial charge on any atom is -0.497 e. The number of benzene rings is 2. The van der Waals surface area contributed by atoms with Crippen molar-refractivity contribution < 1.29 is 19.1 Å². The number of nitrogens with zero attached hydrogens (tertiary/aromatic N) is 2. The molecule has 1 saturated heterocycles. The topological polar surface area (TPSA) is 77.8 Å². The van der Waals surface area contributed by atoms with E-state index in [2.05, 4.69) is 6.92 Å². The zero-order valence-electron chi connectivity index (χ0n) is 19.7. The van der Waals surface area contributed by atoms with Crippen molar-refractivity contribution in [1.82, 2.24) is 9.47 Å². The second-order valence-corrected chi connectivity index (χ2v) is 8.58. The standard InChI is InChI=1S/C27H30N2O5/c1-3-4-13-29-17-24(26(31)28-14-5-6-15-28)23-16-19(7-12-22(23)25(29)30)18-34-27(32)20-8-10-21(33-2)11-9-20/h7-12,16-17H,3-6,13-15,18H2,1-2H3. The van der Waals surface area contributed by atoms with E-state index in [0.29, 0.717) is 34.2 Å². The van der Waals surface area contributed by atoms with Gasteiger partial charge in [-0.05, 0) is 61.2 Å². The Morgan fingerprint density at radius 2 is 1.74 bits per heavy atom. The first-order valence-electron chi connectivity index (χ1n) is 11.8. The van der Waals surface area contributed by atoms with Crippen LogP contribution in [0.15, 0.2) is 53.5 Å². The molecule has 1 fully saturated rings. The molecule has 7 heteroatoms. The van der Waals surface area contributed by atoms with Gasteiger partial charge in [0.05, 0.1) is 18.2 Å². The molecule has 1 amide bonds. The second kappa shape index (κ2) is 10.5. The molecule has 3 aromatic rings. The Morgan fingerprint density at radius 1 is 1.00 bits per heavy atom. The van der Waals surface area contributed by atoms with Crippen LogP contribution in [0, 0.1) is 0 Å². The van der Waals surface area contributed by atoms with E-state index in [-0.39, 0.29) is 18.1 Å². The summed E-state index contributed by atoms with van der Waals surface area (Å²) >= 11 is 0. The first kappa shape index (κ1) is 23.5. The molecule has 0 N–H and O–H groups in total. The molecule has 0 aliphatic carbocycles. The highest BCUT2D eigenvalue weighted by molar-refractivity contribution is 6.06. The molecule has 2 aromatic carbocycles. The lowest BCUT2D eigenvalue weighted by atomic mass is 10.0. The van der Waals surface area contributed by atoms with Crippen LogP contribution in [0.25, 0.3) is 10.8 Å². The molecule has 0 unspecified atom stereocenters. The van der Waals surface area contributed by atoms with Crippen molar-refractivity contribution in [2.24, 2.45) is 0 Å². The molecule has 0 spiro atoms. The van der Waals surface area contributed by atoms with Crippen LogP contribution in [0.3, 0.4) is 0 Å². The minimum atomic E-state index is -0.453. The average molecular weight is 463 g/mol. The first-order chi connectivity index (χ1) is 16.5. The maximum absolute atomic E-state index is 13.3. The third kappa shape index (κ3) is 4.98. The van der Waals surface area contributed by atoms with E-state index in [0.717, 1.165) is 44.3 Å². The molecule has 4 rings (SSSR count). The van der Waals surface area contributed by atoms with E-state index in [1.165, 1.54) is 0 Å². The first-order valence-corrected chi connectivity index (χ1v) is 11.8. The zero-order valence-corrected chi connectivity index (χ0v) is 19.7. The maximum atomic E-state index is 13.3. The lowest BCUT2D eigenvalue weighted by Gasteiger charge is -2.18. The highest BCUT2D eigenvalue weighted by Crippen LogP contribution is 2.22. The number of likely N-dealkylation sites (tertiary alicyclic amines) is 1. The number of methoxy groups -OCH3 is 1. The molecule has 0 atom stereocenters. The molecule has 2 heterocycles. The molecule has 1 aliphatic rings. The predicted molar refractivity (Wildman–Crippen MR) is 130 cm³/mol. The number of rotatable bonds is 8. The lowest BCUT2D eigenvalue weighted by molar-refractivity contribution is 0.0472. The quantitative estimate of drug-likeness (QED) is 0.464. The fraction of sp³-hybridized carbons (Fsp3) is 0.370. The van der Waals surface area contributed by atoms with Gasteiger partial charge in [0, 0.05) is 36.6 Å². The normalized spacial score (nSPS) is 13.3. The molecular formula is C27H30N2O5. The zero-order chi connectivity index (χ0) is 24.1. The molecule has 1 aliphatic heterocycles. The van der Waals surface area contributed by atoms with Crippen LogP contribution in [-0.4, -0.2) is 41.5 Å². The number of carbonyl (C=O) groups is 2. The Kier molecular flexibility index (Phi) is 7.30. The highest BCUT2D eigenvalue weighted by Gasteiger charge is 2.23. The van der Waals surface area contributed by atoms with Crippen LogP contribution >= 0.6 is 0 Å². The number of unbranched alkanes of at least 4 members (excludes halogenated alkanes) is 1. The van der Waals surface area contributed by atoms with Crippen LogP contribution in [0.5, 0.6) is 5.75 Å². The van der Waals surface area contributed by atoms with Gasteiger partial charge >= 0.3 is 5.97 Å². The number of fused-ring (bicyclic) bond motifs is 1. The third-order valence-corrected chi connectivity index (χ3v) is 6.22. The van der Waals surface area contributed by atoms with Gasteiger partial charge in [0.25, 0.3) is 11.5 Å². The summed E-state index contributed by atoms with van der Waals surface area (Å²) in [5.41, 5.74) is 1.56. The number of hydrogen-bond acceptors (Lipinski definition) is 5.